The molecule has 8 heteroatoms. The Morgan fingerprint density at radius 2 is 1.81 bits per heavy atom. The van der Waals surface area contributed by atoms with Gasteiger partial charge in [-0.15, -0.1) is 0 Å². The summed E-state index contributed by atoms with van der Waals surface area (Å²) < 4.78 is 26.4. The highest BCUT2D eigenvalue weighted by atomic mass is 79.9. The van der Waals surface area contributed by atoms with Gasteiger partial charge in [0.25, 0.3) is 0 Å². The topological polar surface area (TPSA) is 67.8 Å². The fourth-order valence-electron chi connectivity index (χ4n) is 3.02. The summed E-state index contributed by atoms with van der Waals surface area (Å²) >= 11 is 9.65. The van der Waals surface area contributed by atoms with Gasteiger partial charge in [0.15, 0.2) is 11.5 Å². The largest absolute Gasteiger partial charge is 0.490 e. The zero-order valence-electron chi connectivity index (χ0n) is 17.3. The average molecular weight is 523 g/mol. The van der Waals surface area contributed by atoms with E-state index in [4.69, 9.17) is 26.2 Å². The van der Waals surface area contributed by atoms with Gasteiger partial charge in [0.1, 0.15) is 12.4 Å². The second kappa shape index (κ2) is 11.3. The SMILES string of the molecule is CCOc1cc(CNCc2ccc(C(=O)O)cc2)c(Br)cc1OCc1c(F)cccc1Cl. The van der Waals surface area contributed by atoms with E-state index in [0.717, 1.165) is 15.6 Å². The fourth-order valence-corrected chi connectivity index (χ4v) is 3.70. The second-order valence-corrected chi connectivity index (χ2v) is 8.18. The first-order valence-electron chi connectivity index (χ1n) is 9.93. The van der Waals surface area contributed by atoms with Gasteiger partial charge < -0.3 is 19.9 Å². The predicted molar refractivity (Wildman–Crippen MR) is 125 cm³/mol. The number of aromatic carboxylic acids is 1. The second-order valence-electron chi connectivity index (χ2n) is 6.92. The van der Waals surface area contributed by atoms with Crippen molar-refractivity contribution in [3.8, 4) is 11.5 Å². The van der Waals surface area contributed by atoms with Gasteiger partial charge in [-0.3, -0.25) is 0 Å². The van der Waals surface area contributed by atoms with Crippen LogP contribution in [0.3, 0.4) is 0 Å². The third-order valence-corrected chi connectivity index (χ3v) is 5.78. The molecule has 3 aromatic rings. The Labute approximate surface area is 199 Å². The van der Waals surface area contributed by atoms with Crippen molar-refractivity contribution in [2.45, 2.75) is 26.6 Å². The molecule has 0 aromatic heterocycles. The Morgan fingerprint density at radius 3 is 2.47 bits per heavy atom. The van der Waals surface area contributed by atoms with E-state index in [-0.39, 0.29) is 17.7 Å². The van der Waals surface area contributed by atoms with Gasteiger partial charge in [-0.05, 0) is 54.4 Å². The Morgan fingerprint density at radius 1 is 1.09 bits per heavy atom. The van der Waals surface area contributed by atoms with Crippen molar-refractivity contribution in [1.29, 1.82) is 0 Å². The number of nitrogens with one attached hydrogen (secondary N) is 1. The maximum absolute atomic E-state index is 14.0. The summed E-state index contributed by atoms with van der Waals surface area (Å²) in [6.07, 6.45) is 0. The number of rotatable bonds is 10. The Bertz CT molecular complexity index is 1070. The molecular formula is C24H22BrClFNO4. The summed E-state index contributed by atoms with van der Waals surface area (Å²) in [5, 5.41) is 12.6. The molecule has 0 heterocycles. The molecule has 0 amide bonds. The minimum Gasteiger partial charge on any atom is -0.490 e. The lowest BCUT2D eigenvalue weighted by molar-refractivity contribution is 0.0697. The molecule has 5 nitrogen and oxygen atoms in total. The van der Waals surface area contributed by atoms with Crippen LogP contribution in [0.1, 0.15) is 34.0 Å². The van der Waals surface area contributed by atoms with Crippen molar-refractivity contribution in [2.24, 2.45) is 0 Å². The number of carbonyl (C=O) groups is 1. The highest BCUT2D eigenvalue weighted by Gasteiger charge is 2.14. The van der Waals surface area contributed by atoms with Crippen LogP contribution in [0, 0.1) is 5.82 Å². The molecule has 0 radical (unpaired) electrons. The minimum atomic E-state index is -0.948. The molecule has 0 saturated carbocycles. The maximum atomic E-state index is 14.0. The van der Waals surface area contributed by atoms with Gasteiger partial charge in [-0.25, -0.2) is 9.18 Å². The molecular weight excluding hydrogens is 501 g/mol. The molecule has 0 aliphatic heterocycles. The number of carboxylic acids is 1. The van der Waals surface area contributed by atoms with Crippen LogP contribution in [0.5, 0.6) is 11.5 Å². The first-order chi connectivity index (χ1) is 15.4. The lowest BCUT2D eigenvalue weighted by Crippen LogP contribution is -2.13. The third-order valence-electron chi connectivity index (χ3n) is 4.69. The number of carboxylic acid groups (broad SMARTS) is 1. The standard InChI is InChI=1S/C24H22BrClFNO4/c1-2-31-22-10-17(13-28-12-15-6-8-16(9-7-15)24(29)30)19(25)11-23(22)32-14-18-20(26)4-3-5-21(18)27/h3-11,28H,2,12-14H2,1H3,(H,29,30). The van der Waals surface area contributed by atoms with E-state index in [9.17, 15) is 9.18 Å². The molecule has 0 fully saturated rings. The zero-order chi connectivity index (χ0) is 23.1. The summed E-state index contributed by atoms with van der Waals surface area (Å²) in [5.41, 5.74) is 2.46. The minimum absolute atomic E-state index is 0.0258. The van der Waals surface area contributed by atoms with Crippen LogP contribution < -0.4 is 14.8 Å². The lowest BCUT2D eigenvalue weighted by Gasteiger charge is -2.16. The van der Waals surface area contributed by atoms with E-state index >= 15 is 0 Å². The number of ether oxygens (including phenoxy) is 2. The predicted octanol–water partition coefficient (Wildman–Crippen LogP) is 6.21. The number of halogens is 3. The van der Waals surface area contributed by atoms with Crippen molar-refractivity contribution in [1.82, 2.24) is 5.32 Å². The lowest BCUT2D eigenvalue weighted by atomic mass is 10.1. The van der Waals surface area contributed by atoms with E-state index in [0.29, 0.717) is 36.2 Å². The summed E-state index contributed by atoms with van der Waals surface area (Å²) in [6, 6.07) is 14.9. The van der Waals surface area contributed by atoms with Crippen molar-refractivity contribution in [3.05, 3.63) is 92.2 Å². The molecule has 168 valence electrons. The summed E-state index contributed by atoms with van der Waals surface area (Å²) in [4.78, 5) is 11.0. The van der Waals surface area contributed by atoms with Crippen LogP contribution >= 0.6 is 27.5 Å². The molecule has 3 aromatic carbocycles. The first kappa shape index (κ1) is 24.0. The molecule has 0 unspecified atom stereocenters. The summed E-state index contributed by atoms with van der Waals surface area (Å²) in [5.74, 6) is -0.347. The quantitative estimate of drug-likeness (QED) is 0.331. The van der Waals surface area contributed by atoms with Crippen LogP contribution in [0.15, 0.2) is 59.1 Å². The van der Waals surface area contributed by atoms with Crippen LogP contribution in [0.25, 0.3) is 0 Å². The monoisotopic (exact) mass is 521 g/mol. The van der Waals surface area contributed by atoms with Crippen LogP contribution in [-0.4, -0.2) is 17.7 Å². The molecule has 0 bridgehead atoms. The molecule has 2 N–H and O–H groups in total. The van der Waals surface area contributed by atoms with Gasteiger partial charge in [-0.1, -0.05) is 45.7 Å². The van der Waals surface area contributed by atoms with Crippen LogP contribution in [0.4, 0.5) is 4.39 Å². The third kappa shape index (κ3) is 6.22. The Balaban J connectivity index is 1.68. The van der Waals surface area contributed by atoms with E-state index in [1.54, 1.807) is 42.5 Å². The van der Waals surface area contributed by atoms with Crippen molar-refractivity contribution in [2.75, 3.05) is 6.61 Å². The highest BCUT2D eigenvalue weighted by Crippen LogP contribution is 2.35. The number of benzene rings is 3. The molecule has 0 saturated heterocycles. The molecule has 32 heavy (non-hydrogen) atoms. The normalized spacial score (nSPS) is 10.8. The average Bonchev–Trinajstić information content (AvgIpc) is 2.76. The Hall–Kier alpha value is -2.61. The van der Waals surface area contributed by atoms with E-state index in [1.165, 1.54) is 6.07 Å². The number of hydrogen-bond donors (Lipinski definition) is 2. The van der Waals surface area contributed by atoms with Gasteiger partial charge in [-0.2, -0.15) is 0 Å². The van der Waals surface area contributed by atoms with Crippen molar-refractivity contribution < 1.29 is 23.8 Å². The van der Waals surface area contributed by atoms with Crippen molar-refractivity contribution >= 4 is 33.5 Å². The Kier molecular flexibility index (Phi) is 8.50. The van der Waals surface area contributed by atoms with Crippen LogP contribution in [-0.2, 0) is 19.7 Å². The van der Waals surface area contributed by atoms with E-state index < -0.39 is 11.8 Å². The van der Waals surface area contributed by atoms with Crippen molar-refractivity contribution in [3.63, 3.8) is 0 Å². The first-order valence-corrected chi connectivity index (χ1v) is 11.1. The van der Waals surface area contributed by atoms with E-state index in [1.807, 2.05) is 13.0 Å². The van der Waals surface area contributed by atoms with Gasteiger partial charge in [0, 0.05) is 23.1 Å². The summed E-state index contributed by atoms with van der Waals surface area (Å²) in [6.45, 7) is 3.41. The molecule has 0 spiro atoms. The molecule has 0 aliphatic carbocycles. The summed E-state index contributed by atoms with van der Waals surface area (Å²) in [7, 11) is 0. The fraction of sp³-hybridized carbons (Fsp3) is 0.208. The van der Waals surface area contributed by atoms with E-state index in [2.05, 4.69) is 21.2 Å². The zero-order valence-corrected chi connectivity index (χ0v) is 19.7. The maximum Gasteiger partial charge on any atom is 0.335 e. The van der Waals surface area contributed by atoms with Crippen LogP contribution in [0.2, 0.25) is 5.02 Å². The molecule has 3 rings (SSSR count). The highest BCUT2D eigenvalue weighted by molar-refractivity contribution is 9.10. The number of hydrogen-bond acceptors (Lipinski definition) is 4. The smallest absolute Gasteiger partial charge is 0.335 e. The molecule has 0 atom stereocenters. The molecule has 0 aliphatic rings. The van der Waals surface area contributed by atoms with Gasteiger partial charge in [0.2, 0.25) is 0 Å². The van der Waals surface area contributed by atoms with Gasteiger partial charge in [0.05, 0.1) is 17.2 Å². The van der Waals surface area contributed by atoms with Gasteiger partial charge >= 0.3 is 5.97 Å².